The van der Waals surface area contributed by atoms with Crippen molar-refractivity contribution in [2.24, 2.45) is 0 Å². The molecule has 3 aliphatic rings. The summed E-state index contributed by atoms with van der Waals surface area (Å²) in [5.74, 6) is 0.424. The first-order valence-corrected chi connectivity index (χ1v) is 12.4. The van der Waals surface area contributed by atoms with Crippen molar-refractivity contribution in [1.82, 2.24) is 15.4 Å². The fraction of sp³-hybridized carbons (Fsp3) is 0.357. The largest absolute Gasteiger partial charge is 0.497 e. The zero-order valence-electron chi connectivity index (χ0n) is 21.4. The summed E-state index contributed by atoms with van der Waals surface area (Å²) in [7, 11) is 1.58. The Labute approximate surface area is 220 Å². The molecule has 10 nitrogen and oxygen atoms in total. The molecule has 2 bridgehead atoms. The molecule has 3 aromatic rings. The average molecular weight is 522 g/mol. The zero-order valence-corrected chi connectivity index (χ0v) is 21.4. The second-order valence-electron chi connectivity index (χ2n) is 9.22. The molecule has 2 aromatic carbocycles. The van der Waals surface area contributed by atoms with Gasteiger partial charge in [-0.05, 0) is 48.2 Å². The molecular formula is C28H31N3O7. The Morgan fingerprint density at radius 3 is 2.55 bits per heavy atom. The molecule has 2 unspecified atom stereocenters. The van der Waals surface area contributed by atoms with Crippen LogP contribution >= 0.6 is 0 Å². The third kappa shape index (κ3) is 6.90. The number of benzene rings is 2. The van der Waals surface area contributed by atoms with Gasteiger partial charge in [0, 0.05) is 26.0 Å². The van der Waals surface area contributed by atoms with E-state index in [1.54, 1.807) is 18.1 Å². The van der Waals surface area contributed by atoms with Crippen LogP contribution in [0.3, 0.4) is 0 Å². The van der Waals surface area contributed by atoms with Crippen molar-refractivity contribution in [1.29, 1.82) is 0 Å². The van der Waals surface area contributed by atoms with Crippen LogP contribution in [-0.2, 0) is 33.8 Å². The van der Waals surface area contributed by atoms with Crippen LogP contribution in [0.15, 0.2) is 59.1 Å². The highest BCUT2D eigenvalue weighted by atomic mass is 16.5. The second kappa shape index (κ2) is 12.3. The lowest BCUT2D eigenvalue weighted by atomic mass is 10.1. The molecule has 1 aromatic heterocycles. The van der Waals surface area contributed by atoms with E-state index in [1.807, 2.05) is 36.4 Å². The molecule has 6 rings (SSSR count). The van der Waals surface area contributed by atoms with E-state index in [9.17, 15) is 19.5 Å². The summed E-state index contributed by atoms with van der Waals surface area (Å²) in [6.07, 6.45) is 1.83. The lowest BCUT2D eigenvalue weighted by Crippen LogP contribution is -2.41. The Kier molecular flexibility index (Phi) is 8.62. The number of carboxylic acids is 1. The SMILES string of the molecule is COc1cccc(CC(=O)N2CCCC2c2cc(CC(NC(C)=O)C(=O)O)on2)c1.c1cc2ccc1CO2. The van der Waals surface area contributed by atoms with E-state index in [0.717, 1.165) is 30.8 Å². The summed E-state index contributed by atoms with van der Waals surface area (Å²) in [4.78, 5) is 37.2. The number of carbonyl (C=O) groups is 3. The Morgan fingerprint density at radius 1 is 1.18 bits per heavy atom. The fourth-order valence-electron chi connectivity index (χ4n) is 4.51. The van der Waals surface area contributed by atoms with Crippen molar-refractivity contribution < 1.29 is 33.5 Å². The molecule has 0 spiro atoms. The van der Waals surface area contributed by atoms with Gasteiger partial charge in [-0.2, -0.15) is 0 Å². The summed E-state index contributed by atoms with van der Waals surface area (Å²) in [5, 5.41) is 15.7. The fourth-order valence-corrected chi connectivity index (χ4v) is 4.51. The molecule has 10 heteroatoms. The van der Waals surface area contributed by atoms with Gasteiger partial charge in [0.15, 0.2) is 0 Å². The highest BCUT2D eigenvalue weighted by Crippen LogP contribution is 2.32. The van der Waals surface area contributed by atoms with Gasteiger partial charge in [-0.1, -0.05) is 29.4 Å². The number of hydrogen-bond acceptors (Lipinski definition) is 7. The lowest BCUT2D eigenvalue weighted by molar-refractivity contribution is -0.141. The molecule has 1 saturated heterocycles. The van der Waals surface area contributed by atoms with Gasteiger partial charge >= 0.3 is 5.97 Å². The number of hydrogen-bond donors (Lipinski definition) is 2. The van der Waals surface area contributed by atoms with Gasteiger partial charge in [-0.3, -0.25) is 9.59 Å². The predicted molar refractivity (Wildman–Crippen MR) is 137 cm³/mol. The van der Waals surface area contributed by atoms with Crippen molar-refractivity contribution >= 4 is 17.8 Å². The number of fused-ring (bicyclic) bond motifs is 3. The predicted octanol–water partition coefficient (Wildman–Crippen LogP) is 3.30. The van der Waals surface area contributed by atoms with Crippen molar-refractivity contribution in [3.8, 4) is 11.5 Å². The van der Waals surface area contributed by atoms with Crippen molar-refractivity contribution in [3.05, 3.63) is 77.2 Å². The monoisotopic (exact) mass is 521 g/mol. The smallest absolute Gasteiger partial charge is 0.326 e. The minimum atomic E-state index is -1.15. The van der Waals surface area contributed by atoms with Gasteiger partial charge in [0.25, 0.3) is 0 Å². The maximum Gasteiger partial charge on any atom is 0.326 e. The highest BCUT2D eigenvalue weighted by Gasteiger charge is 2.32. The topological polar surface area (TPSA) is 131 Å². The minimum Gasteiger partial charge on any atom is -0.497 e. The molecule has 2 atom stereocenters. The molecule has 200 valence electrons. The van der Waals surface area contributed by atoms with E-state index in [4.69, 9.17) is 14.0 Å². The van der Waals surface area contributed by atoms with E-state index in [0.29, 0.717) is 23.7 Å². The van der Waals surface area contributed by atoms with Crippen molar-refractivity contribution in [2.45, 2.75) is 51.3 Å². The molecule has 1 fully saturated rings. The Bertz CT molecular complexity index is 1250. The van der Waals surface area contributed by atoms with Gasteiger partial charge in [-0.25, -0.2) is 4.79 Å². The molecule has 38 heavy (non-hydrogen) atoms. The van der Waals surface area contributed by atoms with Crippen LogP contribution in [0, 0.1) is 0 Å². The first-order valence-electron chi connectivity index (χ1n) is 12.4. The van der Waals surface area contributed by atoms with Crippen LogP contribution in [0.25, 0.3) is 0 Å². The molecule has 4 heterocycles. The molecule has 2 amide bonds. The number of amides is 2. The number of aliphatic carboxylic acids is 1. The van der Waals surface area contributed by atoms with Crippen LogP contribution in [0.5, 0.6) is 11.5 Å². The molecule has 3 aliphatic heterocycles. The van der Waals surface area contributed by atoms with E-state index in [1.165, 1.54) is 12.5 Å². The number of carboxylic acid groups (broad SMARTS) is 1. The number of likely N-dealkylation sites (tertiary alicyclic amines) is 1. The van der Waals surface area contributed by atoms with Gasteiger partial charge in [0.1, 0.15) is 35.6 Å². The summed E-state index contributed by atoms with van der Waals surface area (Å²) in [6.45, 7) is 2.65. The first-order chi connectivity index (χ1) is 18.3. The Balaban J connectivity index is 0.000000353. The highest BCUT2D eigenvalue weighted by molar-refractivity contribution is 5.82. The molecule has 2 N–H and O–H groups in total. The average Bonchev–Trinajstić information content (AvgIpc) is 3.59. The van der Waals surface area contributed by atoms with Crippen molar-refractivity contribution in [2.75, 3.05) is 13.7 Å². The lowest BCUT2D eigenvalue weighted by Gasteiger charge is -2.23. The number of aromatic nitrogens is 1. The summed E-state index contributed by atoms with van der Waals surface area (Å²) < 4.78 is 15.7. The molecule has 0 saturated carbocycles. The zero-order chi connectivity index (χ0) is 27.1. The standard InChI is InChI=1S/C21H25N3O6.C7H6O/c1-13(25)22-18(21(27)28)12-16-11-17(23-30-16)19-7-4-8-24(19)20(26)10-14-5-3-6-15(9-14)29-2;1-3-7-4-2-6(1)5-8-7/h3,5-6,9,11,18-19H,4,7-8,10,12H2,1-2H3,(H,22,25)(H,27,28);1-4H,5H2. The van der Waals surface area contributed by atoms with Crippen LogP contribution in [0.4, 0.5) is 0 Å². The van der Waals surface area contributed by atoms with Crippen LogP contribution in [0.1, 0.15) is 48.4 Å². The number of nitrogens with zero attached hydrogens (tertiary/aromatic N) is 2. The third-order valence-corrected chi connectivity index (χ3v) is 6.39. The first kappa shape index (κ1) is 26.7. The number of methoxy groups -OCH3 is 1. The van der Waals surface area contributed by atoms with E-state index in [-0.39, 0.29) is 24.8 Å². The Hall–Kier alpha value is -4.34. The van der Waals surface area contributed by atoms with E-state index in [2.05, 4.69) is 22.6 Å². The summed E-state index contributed by atoms with van der Waals surface area (Å²) >= 11 is 0. The molecule has 0 radical (unpaired) electrons. The van der Waals surface area contributed by atoms with Crippen molar-refractivity contribution in [3.63, 3.8) is 0 Å². The van der Waals surface area contributed by atoms with E-state index >= 15 is 0 Å². The maximum atomic E-state index is 12.9. The molecular weight excluding hydrogens is 490 g/mol. The summed E-state index contributed by atoms with van der Waals surface area (Å²) in [5.41, 5.74) is 2.72. The Morgan fingerprint density at radius 2 is 1.97 bits per heavy atom. The third-order valence-electron chi connectivity index (χ3n) is 6.39. The van der Waals surface area contributed by atoms with Gasteiger partial charge < -0.3 is 29.3 Å². The second-order valence-corrected chi connectivity index (χ2v) is 9.22. The van der Waals surface area contributed by atoms with E-state index < -0.39 is 17.9 Å². The number of ether oxygens (including phenoxy) is 2. The van der Waals surface area contributed by atoms with Gasteiger partial charge in [0.05, 0.1) is 19.6 Å². The maximum absolute atomic E-state index is 12.9. The number of nitrogens with one attached hydrogen (secondary N) is 1. The van der Waals surface area contributed by atoms with Crippen LogP contribution in [-0.4, -0.2) is 52.6 Å². The number of rotatable bonds is 8. The molecule has 0 aliphatic carbocycles. The normalized spacial score (nSPS) is 16.2. The minimum absolute atomic E-state index is 0.0167. The van der Waals surface area contributed by atoms with Crippen LogP contribution in [0.2, 0.25) is 0 Å². The summed E-state index contributed by atoms with van der Waals surface area (Å²) in [6, 6.07) is 15.9. The van der Waals surface area contributed by atoms with Gasteiger partial charge in [0.2, 0.25) is 11.8 Å². The van der Waals surface area contributed by atoms with Crippen LogP contribution < -0.4 is 14.8 Å². The quantitative estimate of drug-likeness (QED) is 0.462. The van der Waals surface area contributed by atoms with Gasteiger partial charge in [-0.15, -0.1) is 0 Å². The number of carbonyl (C=O) groups excluding carboxylic acids is 2.